The Labute approximate surface area is 132 Å². The summed E-state index contributed by atoms with van der Waals surface area (Å²) < 4.78 is 41.3. The second-order valence-corrected chi connectivity index (χ2v) is 8.04. The Morgan fingerprint density at radius 3 is 2.32 bits per heavy atom. The van der Waals surface area contributed by atoms with Crippen molar-refractivity contribution >= 4 is 17.3 Å². The van der Waals surface area contributed by atoms with Crippen LogP contribution < -0.4 is 4.72 Å². The monoisotopic (exact) mass is 333 g/mol. The van der Waals surface area contributed by atoms with Crippen molar-refractivity contribution in [1.29, 1.82) is 0 Å². The molecule has 1 rings (SSSR count). The van der Waals surface area contributed by atoms with Crippen LogP contribution in [0.5, 0.6) is 0 Å². The summed E-state index contributed by atoms with van der Waals surface area (Å²) in [5, 5.41) is 8.70. The molecular weight excluding hydrogens is 312 g/mol. The van der Waals surface area contributed by atoms with Gasteiger partial charge in [0.25, 0.3) is 0 Å². The Kier molecular flexibility index (Phi) is 6.77. The minimum Gasteiger partial charge on any atom is -0.598 e. The quantitative estimate of drug-likeness (QED) is 0.751. The molecule has 7 heteroatoms. The molecule has 0 aliphatic rings. The summed E-state index contributed by atoms with van der Waals surface area (Å²) in [6, 6.07) is 2.52. The molecule has 1 aromatic rings. The highest BCUT2D eigenvalue weighted by molar-refractivity contribution is 7.90. The van der Waals surface area contributed by atoms with Crippen LogP contribution in [0.1, 0.15) is 51.6 Å². The number of benzene rings is 1. The Morgan fingerprint density at radius 1 is 1.32 bits per heavy atom. The van der Waals surface area contributed by atoms with Gasteiger partial charge in [0.1, 0.15) is 16.4 Å². The molecule has 0 unspecified atom stereocenters. The number of carboxylic acid groups (broad SMARTS) is 1. The molecule has 0 bridgehead atoms. The molecule has 0 fully saturated rings. The maximum absolute atomic E-state index is 13.4. The molecule has 0 aliphatic heterocycles. The molecular formula is C15H21F2NO3S. The topological polar surface area (TPSA) is 72.4 Å². The Bertz CT molecular complexity index is 500. The zero-order chi connectivity index (χ0) is 16.9. The molecule has 0 radical (unpaired) electrons. The van der Waals surface area contributed by atoms with Gasteiger partial charge in [-0.25, -0.2) is 8.78 Å². The van der Waals surface area contributed by atoms with E-state index in [1.807, 2.05) is 0 Å². The average Bonchev–Trinajstić information content (AvgIpc) is 2.34. The molecule has 0 heterocycles. The maximum atomic E-state index is 13.4. The lowest BCUT2D eigenvalue weighted by Crippen LogP contribution is -2.41. The van der Waals surface area contributed by atoms with Gasteiger partial charge < -0.3 is 9.66 Å². The molecule has 0 aliphatic carbocycles. The van der Waals surface area contributed by atoms with E-state index in [4.69, 9.17) is 5.11 Å². The highest BCUT2D eigenvalue weighted by atomic mass is 32.2. The SMILES string of the molecule is CC(C)(C)[S@+]([O-])N[C@@H](CCCC(=O)O)c1cc(F)cc(F)c1. The lowest BCUT2D eigenvalue weighted by molar-refractivity contribution is -0.137. The number of carbonyl (C=O) groups is 1. The first kappa shape index (κ1) is 18.9. The highest BCUT2D eigenvalue weighted by Crippen LogP contribution is 2.25. The fourth-order valence-corrected chi connectivity index (χ4v) is 2.70. The molecule has 1 aromatic carbocycles. The van der Waals surface area contributed by atoms with E-state index >= 15 is 0 Å². The Hall–Kier alpha value is -1.18. The molecule has 2 atom stereocenters. The Morgan fingerprint density at radius 2 is 1.86 bits per heavy atom. The van der Waals surface area contributed by atoms with Gasteiger partial charge in [0.2, 0.25) is 0 Å². The van der Waals surface area contributed by atoms with Crippen molar-refractivity contribution in [3.05, 3.63) is 35.4 Å². The number of nitrogens with one attached hydrogen (secondary N) is 1. The minimum atomic E-state index is -1.44. The van der Waals surface area contributed by atoms with Gasteiger partial charge in [0.05, 0.1) is 6.04 Å². The third-order valence-corrected chi connectivity index (χ3v) is 4.59. The van der Waals surface area contributed by atoms with Gasteiger partial charge in [0, 0.05) is 23.8 Å². The fraction of sp³-hybridized carbons (Fsp3) is 0.533. The van der Waals surface area contributed by atoms with Crippen LogP contribution in [-0.2, 0) is 16.2 Å². The molecule has 0 aromatic heterocycles. The van der Waals surface area contributed by atoms with Gasteiger partial charge in [-0.15, -0.1) is 4.72 Å². The maximum Gasteiger partial charge on any atom is 0.303 e. The molecule has 0 amide bonds. The molecule has 0 saturated carbocycles. The second-order valence-electron chi connectivity index (χ2n) is 6.04. The van der Waals surface area contributed by atoms with Crippen LogP contribution in [0.15, 0.2) is 18.2 Å². The van der Waals surface area contributed by atoms with E-state index < -0.39 is 39.8 Å². The van der Waals surface area contributed by atoms with Crippen LogP contribution >= 0.6 is 0 Å². The molecule has 0 spiro atoms. The molecule has 22 heavy (non-hydrogen) atoms. The number of carboxylic acids is 1. The van der Waals surface area contributed by atoms with Crippen molar-refractivity contribution < 1.29 is 23.2 Å². The van der Waals surface area contributed by atoms with E-state index in [0.717, 1.165) is 6.07 Å². The molecule has 4 nitrogen and oxygen atoms in total. The number of hydrogen-bond donors (Lipinski definition) is 2. The standard InChI is InChI=1S/C15H21F2NO3S/c1-15(2,3)22(21)18-13(5-4-6-14(19)20)10-7-11(16)9-12(17)8-10/h7-9,13,18H,4-6H2,1-3H3,(H,19,20)/t13-,22-/m0/s1. The van der Waals surface area contributed by atoms with Crippen molar-refractivity contribution in [2.24, 2.45) is 0 Å². The lowest BCUT2D eigenvalue weighted by Gasteiger charge is -2.28. The van der Waals surface area contributed by atoms with E-state index in [9.17, 15) is 18.1 Å². The van der Waals surface area contributed by atoms with Gasteiger partial charge in [0.15, 0.2) is 0 Å². The van der Waals surface area contributed by atoms with E-state index in [2.05, 4.69) is 4.72 Å². The summed E-state index contributed by atoms with van der Waals surface area (Å²) in [6.45, 7) is 5.32. The van der Waals surface area contributed by atoms with Crippen LogP contribution in [0.25, 0.3) is 0 Å². The van der Waals surface area contributed by atoms with Crippen molar-refractivity contribution in [1.82, 2.24) is 4.72 Å². The van der Waals surface area contributed by atoms with Crippen LogP contribution in [0.3, 0.4) is 0 Å². The van der Waals surface area contributed by atoms with E-state index in [-0.39, 0.29) is 6.42 Å². The first-order chi connectivity index (χ1) is 10.1. The van der Waals surface area contributed by atoms with Crippen LogP contribution in [0.4, 0.5) is 8.78 Å². The first-order valence-corrected chi connectivity index (χ1v) is 8.10. The molecule has 0 saturated heterocycles. The van der Waals surface area contributed by atoms with E-state index in [1.165, 1.54) is 12.1 Å². The third kappa shape index (κ3) is 6.29. The van der Waals surface area contributed by atoms with E-state index in [0.29, 0.717) is 18.4 Å². The van der Waals surface area contributed by atoms with Crippen LogP contribution in [-0.4, -0.2) is 20.4 Å². The number of halogens is 2. The molecule has 2 N–H and O–H groups in total. The number of hydrogen-bond acceptors (Lipinski definition) is 3. The van der Waals surface area contributed by atoms with Gasteiger partial charge in [-0.05, 0) is 51.3 Å². The first-order valence-electron chi connectivity index (χ1n) is 6.95. The summed E-state index contributed by atoms with van der Waals surface area (Å²) in [4.78, 5) is 10.6. The fourth-order valence-electron chi connectivity index (χ4n) is 1.83. The summed E-state index contributed by atoms with van der Waals surface area (Å²) in [5.41, 5.74) is 0.320. The average molecular weight is 333 g/mol. The number of rotatable bonds is 7. The number of aliphatic carboxylic acids is 1. The van der Waals surface area contributed by atoms with Gasteiger partial charge in [-0.3, -0.25) is 4.79 Å². The van der Waals surface area contributed by atoms with Crippen molar-refractivity contribution in [3.63, 3.8) is 0 Å². The van der Waals surface area contributed by atoms with E-state index in [1.54, 1.807) is 20.8 Å². The summed E-state index contributed by atoms with van der Waals surface area (Å²) in [5.74, 6) is -2.38. The largest absolute Gasteiger partial charge is 0.598 e. The molecule has 124 valence electrons. The minimum absolute atomic E-state index is 0.0574. The summed E-state index contributed by atoms with van der Waals surface area (Å²) in [7, 11) is 0. The zero-order valence-corrected chi connectivity index (χ0v) is 13.7. The highest BCUT2D eigenvalue weighted by Gasteiger charge is 2.30. The summed E-state index contributed by atoms with van der Waals surface area (Å²) in [6.07, 6.45) is 0.571. The predicted molar refractivity (Wildman–Crippen MR) is 81.6 cm³/mol. The van der Waals surface area contributed by atoms with Crippen LogP contribution in [0.2, 0.25) is 0 Å². The van der Waals surface area contributed by atoms with Crippen molar-refractivity contribution in [3.8, 4) is 0 Å². The van der Waals surface area contributed by atoms with Gasteiger partial charge >= 0.3 is 5.97 Å². The second kappa shape index (κ2) is 7.89. The van der Waals surface area contributed by atoms with Gasteiger partial charge in [-0.2, -0.15) is 0 Å². The Balaban J connectivity index is 2.92. The smallest absolute Gasteiger partial charge is 0.303 e. The lowest BCUT2D eigenvalue weighted by atomic mass is 10.0. The zero-order valence-electron chi connectivity index (χ0n) is 12.9. The van der Waals surface area contributed by atoms with Crippen LogP contribution in [0, 0.1) is 11.6 Å². The predicted octanol–water partition coefficient (Wildman–Crippen LogP) is 3.31. The van der Waals surface area contributed by atoms with Crippen molar-refractivity contribution in [2.45, 2.75) is 50.8 Å². The third-order valence-electron chi connectivity index (χ3n) is 2.98. The van der Waals surface area contributed by atoms with Gasteiger partial charge in [-0.1, -0.05) is 0 Å². The normalized spacial score (nSPS) is 14.6. The summed E-state index contributed by atoms with van der Waals surface area (Å²) >= 11 is -1.44. The van der Waals surface area contributed by atoms with Crippen molar-refractivity contribution in [2.75, 3.05) is 0 Å².